The molecule has 0 spiro atoms. The zero-order valence-corrected chi connectivity index (χ0v) is 14.1. The van der Waals surface area contributed by atoms with Crippen molar-refractivity contribution < 1.29 is 0 Å². The minimum atomic E-state index is 0.455. The zero-order chi connectivity index (χ0) is 14.8. The van der Waals surface area contributed by atoms with Crippen molar-refractivity contribution in [2.75, 3.05) is 11.9 Å². The maximum absolute atomic E-state index is 5.78. The summed E-state index contributed by atoms with van der Waals surface area (Å²) in [6, 6.07) is 12.5. The lowest BCUT2D eigenvalue weighted by molar-refractivity contribution is 0.897. The minimum Gasteiger partial charge on any atom is -0.354 e. The molecule has 1 aromatic carbocycles. The summed E-state index contributed by atoms with van der Waals surface area (Å²) < 4.78 is 1.13. The van der Waals surface area contributed by atoms with Gasteiger partial charge in [0.25, 0.3) is 0 Å². The lowest BCUT2D eigenvalue weighted by Crippen LogP contribution is -2.18. The first-order valence-electron chi connectivity index (χ1n) is 6.70. The zero-order valence-electron chi connectivity index (χ0n) is 11.7. The molecule has 108 valence electrons. The van der Waals surface area contributed by atoms with Crippen LogP contribution in [-0.2, 0) is 13.1 Å². The maximum Gasteiger partial charge on any atom is 0.136 e. The molecule has 0 saturated carbocycles. The molecule has 21 heavy (non-hydrogen) atoms. The van der Waals surface area contributed by atoms with E-state index in [0.717, 1.165) is 27.9 Å². The van der Waals surface area contributed by atoms with Crippen molar-refractivity contribution in [3.63, 3.8) is 0 Å². The van der Waals surface area contributed by atoms with Gasteiger partial charge in [-0.05, 0) is 33.4 Å². The number of thiophene rings is 1. The molecule has 0 radical (unpaired) electrons. The van der Waals surface area contributed by atoms with Gasteiger partial charge >= 0.3 is 0 Å². The first kappa shape index (κ1) is 14.5. The number of pyridine rings is 1. The van der Waals surface area contributed by atoms with Gasteiger partial charge in [-0.25, -0.2) is 4.98 Å². The summed E-state index contributed by atoms with van der Waals surface area (Å²) >= 11 is 5.25. The Morgan fingerprint density at radius 1 is 1.29 bits per heavy atom. The summed E-state index contributed by atoms with van der Waals surface area (Å²) in [5.41, 5.74) is 6.70. The molecular weight excluding hydrogens is 346 g/mol. The van der Waals surface area contributed by atoms with Crippen LogP contribution in [0.15, 0.2) is 46.3 Å². The van der Waals surface area contributed by atoms with Gasteiger partial charge in [-0.15, -0.1) is 11.3 Å². The largest absolute Gasteiger partial charge is 0.354 e. The normalized spacial score (nSPS) is 11.0. The van der Waals surface area contributed by atoms with Gasteiger partial charge in [-0.1, -0.05) is 24.3 Å². The Bertz CT molecular complexity index is 769. The number of nitrogens with zero attached hydrogens (tertiary/aromatic N) is 2. The molecular formula is C16H16BrN3S. The highest BCUT2D eigenvalue weighted by Crippen LogP contribution is 2.28. The molecule has 5 heteroatoms. The Morgan fingerprint density at radius 3 is 2.81 bits per heavy atom. The first-order chi connectivity index (χ1) is 10.2. The third-order valence-corrected chi connectivity index (χ3v) is 5.04. The van der Waals surface area contributed by atoms with E-state index in [-0.39, 0.29) is 0 Å². The molecule has 0 unspecified atom stereocenters. The van der Waals surface area contributed by atoms with Crippen LogP contribution in [0.2, 0.25) is 0 Å². The van der Waals surface area contributed by atoms with Gasteiger partial charge < -0.3 is 10.6 Å². The Labute approximate surface area is 136 Å². The van der Waals surface area contributed by atoms with Gasteiger partial charge in [-0.3, -0.25) is 0 Å². The second-order valence-electron chi connectivity index (χ2n) is 4.95. The summed E-state index contributed by atoms with van der Waals surface area (Å²) in [5, 5.41) is 4.44. The fourth-order valence-corrected chi connectivity index (χ4v) is 3.88. The highest BCUT2D eigenvalue weighted by atomic mass is 79.9. The number of fused-ring (bicyclic) bond motifs is 1. The molecule has 0 saturated heterocycles. The lowest BCUT2D eigenvalue weighted by atomic mass is 10.1. The van der Waals surface area contributed by atoms with Crippen LogP contribution in [0.3, 0.4) is 0 Å². The summed E-state index contributed by atoms with van der Waals surface area (Å²) in [7, 11) is 2.07. The molecule has 0 fully saturated rings. The summed E-state index contributed by atoms with van der Waals surface area (Å²) in [5.74, 6) is 0.984. The van der Waals surface area contributed by atoms with Gasteiger partial charge in [0.1, 0.15) is 5.82 Å². The van der Waals surface area contributed by atoms with Gasteiger partial charge in [0.2, 0.25) is 0 Å². The number of halogens is 1. The lowest BCUT2D eigenvalue weighted by Gasteiger charge is -2.20. The highest BCUT2D eigenvalue weighted by molar-refractivity contribution is 9.10. The molecule has 0 aliphatic rings. The fraction of sp³-hybridized carbons (Fsp3) is 0.188. The molecule has 3 nitrogen and oxygen atoms in total. The second kappa shape index (κ2) is 6.13. The number of aromatic nitrogens is 1. The SMILES string of the molecule is CN(Cc1cc(Br)cs1)c1nc(CN)cc2ccccc12. The summed E-state index contributed by atoms with van der Waals surface area (Å²) in [4.78, 5) is 8.20. The van der Waals surface area contributed by atoms with E-state index in [2.05, 4.69) is 57.5 Å². The number of hydrogen-bond acceptors (Lipinski definition) is 4. The van der Waals surface area contributed by atoms with Gasteiger partial charge in [0.05, 0.1) is 12.2 Å². The van der Waals surface area contributed by atoms with Crippen molar-refractivity contribution in [2.45, 2.75) is 13.1 Å². The molecule has 0 amide bonds. The number of anilines is 1. The van der Waals surface area contributed by atoms with E-state index in [0.29, 0.717) is 6.54 Å². The predicted molar refractivity (Wildman–Crippen MR) is 93.8 cm³/mol. The van der Waals surface area contributed by atoms with Crippen molar-refractivity contribution in [1.82, 2.24) is 4.98 Å². The topological polar surface area (TPSA) is 42.2 Å². The molecule has 0 aliphatic carbocycles. The van der Waals surface area contributed by atoms with E-state index < -0.39 is 0 Å². The summed E-state index contributed by atoms with van der Waals surface area (Å²) in [6.45, 7) is 1.29. The monoisotopic (exact) mass is 361 g/mol. The minimum absolute atomic E-state index is 0.455. The van der Waals surface area contributed by atoms with Crippen molar-refractivity contribution in [1.29, 1.82) is 0 Å². The van der Waals surface area contributed by atoms with Crippen LogP contribution in [0.4, 0.5) is 5.82 Å². The second-order valence-corrected chi connectivity index (χ2v) is 6.86. The molecule has 3 aromatic rings. The Morgan fingerprint density at radius 2 is 2.10 bits per heavy atom. The van der Waals surface area contributed by atoms with E-state index in [1.807, 2.05) is 12.1 Å². The van der Waals surface area contributed by atoms with E-state index in [9.17, 15) is 0 Å². The van der Waals surface area contributed by atoms with Gasteiger partial charge in [-0.2, -0.15) is 0 Å². The third kappa shape index (κ3) is 3.10. The van der Waals surface area contributed by atoms with Crippen LogP contribution in [0, 0.1) is 0 Å². The third-order valence-electron chi connectivity index (χ3n) is 3.36. The van der Waals surface area contributed by atoms with E-state index in [1.165, 1.54) is 10.3 Å². The molecule has 3 rings (SSSR count). The first-order valence-corrected chi connectivity index (χ1v) is 8.37. The van der Waals surface area contributed by atoms with E-state index in [4.69, 9.17) is 10.7 Å². The Hall–Kier alpha value is -1.43. The average Bonchev–Trinajstić information content (AvgIpc) is 2.91. The predicted octanol–water partition coefficient (Wildman–Crippen LogP) is 4.15. The van der Waals surface area contributed by atoms with Crippen molar-refractivity contribution in [2.24, 2.45) is 5.73 Å². The van der Waals surface area contributed by atoms with Crippen LogP contribution < -0.4 is 10.6 Å². The smallest absolute Gasteiger partial charge is 0.136 e. The number of hydrogen-bond donors (Lipinski definition) is 1. The van der Waals surface area contributed by atoms with Crippen LogP contribution in [0.25, 0.3) is 10.8 Å². The highest BCUT2D eigenvalue weighted by Gasteiger charge is 2.11. The molecule has 0 bridgehead atoms. The summed E-state index contributed by atoms with van der Waals surface area (Å²) in [6.07, 6.45) is 0. The van der Waals surface area contributed by atoms with Gasteiger partial charge in [0, 0.05) is 33.7 Å². The van der Waals surface area contributed by atoms with Crippen LogP contribution in [0.5, 0.6) is 0 Å². The number of benzene rings is 1. The van der Waals surface area contributed by atoms with Crippen LogP contribution >= 0.6 is 27.3 Å². The van der Waals surface area contributed by atoms with Crippen LogP contribution in [0.1, 0.15) is 10.6 Å². The number of rotatable bonds is 4. The molecule has 2 aromatic heterocycles. The van der Waals surface area contributed by atoms with E-state index >= 15 is 0 Å². The average molecular weight is 362 g/mol. The van der Waals surface area contributed by atoms with Gasteiger partial charge in [0.15, 0.2) is 0 Å². The Balaban J connectivity index is 2.01. The standard InChI is InChI=1S/C16H16BrN3S/c1-20(9-14-7-12(17)10-21-14)16-15-5-3-2-4-11(15)6-13(8-18)19-16/h2-7,10H,8-9,18H2,1H3. The molecule has 0 aliphatic heterocycles. The van der Waals surface area contributed by atoms with Crippen molar-refractivity contribution in [3.8, 4) is 0 Å². The Kier molecular flexibility index (Phi) is 4.24. The van der Waals surface area contributed by atoms with Crippen molar-refractivity contribution >= 4 is 43.9 Å². The quantitative estimate of drug-likeness (QED) is 0.758. The van der Waals surface area contributed by atoms with Crippen LogP contribution in [-0.4, -0.2) is 12.0 Å². The molecule has 2 N–H and O–H groups in total. The van der Waals surface area contributed by atoms with E-state index in [1.54, 1.807) is 11.3 Å². The maximum atomic E-state index is 5.78. The fourth-order valence-electron chi connectivity index (χ4n) is 2.38. The van der Waals surface area contributed by atoms with Crippen molar-refractivity contribution in [3.05, 3.63) is 56.8 Å². The number of nitrogens with two attached hydrogens (primary N) is 1. The molecule has 2 heterocycles. The molecule has 0 atom stereocenters.